The van der Waals surface area contributed by atoms with E-state index >= 15 is 0 Å². The van der Waals surface area contributed by atoms with Crippen LogP contribution in [0.5, 0.6) is 0 Å². The molecule has 5 heteroatoms. The predicted molar refractivity (Wildman–Crippen MR) is 83.0 cm³/mol. The van der Waals surface area contributed by atoms with Crippen LogP contribution in [0, 0.1) is 20.8 Å². The van der Waals surface area contributed by atoms with E-state index in [1.54, 1.807) is 6.07 Å². The molecule has 0 saturated heterocycles. The summed E-state index contributed by atoms with van der Waals surface area (Å²) in [6.07, 6.45) is 0. The molecular formula is C16H23N3O2. The summed E-state index contributed by atoms with van der Waals surface area (Å²) in [5, 5.41) is 6.82. The number of carbonyl (C=O) groups excluding carboxylic acids is 1. The molecule has 0 aliphatic rings. The minimum absolute atomic E-state index is 0.0383. The lowest BCUT2D eigenvalue weighted by atomic mass is 10.1. The van der Waals surface area contributed by atoms with E-state index in [9.17, 15) is 4.79 Å². The van der Waals surface area contributed by atoms with Crippen LogP contribution in [0.3, 0.4) is 0 Å². The molecule has 2 aromatic rings. The van der Waals surface area contributed by atoms with Gasteiger partial charge in [0, 0.05) is 28.6 Å². The lowest BCUT2D eigenvalue weighted by molar-refractivity contribution is 0.100. The Morgan fingerprint density at radius 2 is 1.95 bits per heavy atom. The highest BCUT2D eigenvalue weighted by molar-refractivity contribution is 6.00. The third kappa shape index (κ3) is 3.17. The maximum absolute atomic E-state index is 12.4. The highest BCUT2D eigenvalue weighted by atomic mass is 16.5. The van der Waals surface area contributed by atoms with Gasteiger partial charge in [0.05, 0.1) is 6.54 Å². The van der Waals surface area contributed by atoms with Crippen LogP contribution >= 0.6 is 0 Å². The van der Waals surface area contributed by atoms with Crippen molar-refractivity contribution < 1.29 is 9.32 Å². The number of rotatable bonds is 4. The molecular weight excluding hydrogens is 266 g/mol. The van der Waals surface area contributed by atoms with Crippen LogP contribution in [0.1, 0.15) is 48.3 Å². The minimum Gasteiger partial charge on any atom is -0.360 e. The standard InChI is InChI=1S/C16H23N3O2/c1-10-7-13(12(3)19(10)16(4,5)6)14(20)9-17-15-8-11(2)21-18-15/h7-8H,9H2,1-6H3,(H,17,18). The van der Waals surface area contributed by atoms with Gasteiger partial charge < -0.3 is 14.4 Å². The number of nitrogens with zero attached hydrogens (tertiary/aromatic N) is 2. The summed E-state index contributed by atoms with van der Waals surface area (Å²) in [4.78, 5) is 12.4. The second-order valence-electron chi connectivity index (χ2n) is 6.39. The van der Waals surface area contributed by atoms with E-state index in [0.29, 0.717) is 5.82 Å². The Kier molecular flexibility index (Phi) is 3.94. The second kappa shape index (κ2) is 5.39. The fourth-order valence-corrected chi connectivity index (χ4v) is 2.79. The van der Waals surface area contributed by atoms with Crippen LogP contribution in [0.25, 0.3) is 0 Å². The van der Waals surface area contributed by atoms with Gasteiger partial charge >= 0.3 is 0 Å². The first-order valence-electron chi connectivity index (χ1n) is 7.10. The van der Waals surface area contributed by atoms with Gasteiger partial charge in [0.25, 0.3) is 0 Å². The molecule has 0 fully saturated rings. The largest absolute Gasteiger partial charge is 0.360 e. The maximum atomic E-state index is 12.4. The molecule has 0 aromatic carbocycles. The number of hydrogen-bond donors (Lipinski definition) is 1. The van der Waals surface area contributed by atoms with Crippen molar-refractivity contribution in [2.24, 2.45) is 0 Å². The van der Waals surface area contributed by atoms with Crippen molar-refractivity contribution in [2.45, 2.75) is 47.1 Å². The summed E-state index contributed by atoms with van der Waals surface area (Å²) in [7, 11) is 0. The Labute approximate surface area is 125 Å². The fraction of sp³-hybridized carbons (Fsp3) is 0.500. The van der Waals surface area contributed by atoms with Crippen molar-refractivity contribution in [1.29, 1.82) is 0 Å². The van der Waals surface area contributed by atoms with Gasteiger partial charge in [0.2, 0.25) is 0 Å². The van der Waals surface area contributed by atoms with Crippen LogP contribution in [-0.4, -0.2) is 22.1 Å². The topological polar surface area (TPSA) is 60.1 Å². The van der Waals surface area contributed by atoms with Gasteiger partial charge in [-0.25, -0.2) is 0 Å². The van der Waals surface area contributed by atoms with Crippen LogP contribution < -0.4 is 5.32 Å². The van der Waals surface area contributed by atoms with Crippen LogP contribution in [-0.2, 0) is 5.54 Å². The Morgan fingerprint density at radius 1 is 1.29 bits per heavy atom. The number of aromatic nitrogens is 2. The fourth-order valence-electron chi connectivity index (χ4n) is 2.79. The number of nitrogens with one attached hydrogen (secondary N) is 1. The summed E-state index contributed by atoms with van der Waals surface area (Å²) in [6.45, 7) is 12.5. The molecule has 0 amide bonds. The van der Waals surface area contributed by atoms with Crippen molar-refractivity contribution >= 4 is 11.6 Å². The SMILES string of the molecule is Cc1cc(NCC(=O)c2cc(C)n(C(C)(C)C)c2C)no1. The van der Waals surface area contributed by atoms with Crippen molar-refractivity contribution in [3.8, 4) is 0 Å². The van der Waals surface area contributed by atoms with Gasteiger partial charge in [0.1, 0.15) is 5.76 Å². The van der Waals surface area contributed by atoms with Crippen molar-refractivity contribution in [3.63, 3.8) is 0 Å². The number of ketones is 1. The Balaban J connectivity index is 2.17. The van der Waals surface area contributed by atoms with E-state index in [-0.39, 0.29) is 17.9 Å². The monoisotopic (exact) mass is 289 g/mol. The second-order valence-corrected chi connectivity index (χ2v) is 6.39. The van der Waals surface area contributed by atoms with Crippen molar-refractivity contribution in [3.05, 3.63) is 34.8 Å². The van der Waals surface area contributed by atoms with Crippen LogP contribution in [0.4, 0.5) is 5.82 Å². The molecule has 0 radical (unpaired) electrons. The van der Waals surface area contributed by atoms with Gasteiger partial charge in [0.15, 0.2) is 11.6 Å². The highest BCUT2D eigenvalue weighted by Gasteiger charge is 2.22. The molecule has 0 aliphatic carbocycles. The van der Waals surface area contributed by atoms with Gasteiger partial charge in [-0.2, -0.15) is 0 Å². The van der Waals surface area contributed by atoms with Gasteiger partial charge in [-0.05, 0) is 47.6 Å². The number of hydrogen-bond acceptors (Lipinski definition) is 4. The Bertz CT molecular complexity index is 660. The molecule has 2 rings (SSSR count). The van der Waals surface area contributed by atoms with Gasteiger partial charge in [-0.15, -0.1) is 0 Å². The summed E-state index contributed by atoms with van der Waals surface area (Å²) >= 11 is 0. The molecule has 0 bridgehead atoms. The molecule has 0 spiro atoms. The third-order valence-corrected chi connectivity index (χ3v) is 3.46. The quantitative estimate of drug-likeness (QED) is 0.876. The minimum atomic E-state index is -0.0383. The summed E-state index contributed by atoms with van der Waals surface area (Å²) in [5.74, 6) is 1.36. The van der Waals surface area contributed by atoms with Crippen LogP contribution in [0.2, 0.25) is 0 Å². The van der Waals surface area contributed by atoms with E-state index < -0.39 is 0 Å². The lowest BCUT2D eigenvalue weighted by Crippen LogP contribution is -2.24. The molecule has 5 nitrogen and oxygen atoms in total. The van der Waals surface area contributed by atoms with Crippen molar-refractivity contribution in [2.75, 3.05) is 11.9 Å². The van der Waals surface area contributed by atoms with E-state index in [2.05, 4.69) is 35.8 Å². The normalized spacial score (nSPS) is 11.7. The number of carbonyl (C=O) groups is 1. The highest BCUT2D eigenvalue weighted by Crippen LogP contribution is 2.24. The van der Waals surface area contributed by atoms with E-state index in [1.165, 1.54) is 0 Å². The molecule has 0 unspecified atom stereocenters. The van der Waals surface area contributed by atoms with Crippen molar-refractivity contribution in [1.82, 2.24) is 9.72 Å². The molecule has 0 aliphatic heterocycles. The Morgan fingerprint density at radius 3 is 2.43 bits per heavy atom. The molecule has 2 heterocycles. The van der Waals surface area contributed by atoms with E-state index in [4.69, 9.17) is 4.52 Å². The average molecular weight is 289 g/mol. The van der Waals surface area contributed by atoms with Crippen LogP contribution in [0.15, 0.2) is 16.7 Å². The van der Waals surface area contributed by atoms with Gasteiger partial charge in [-0.3, -0.25) is 4.79 Å². The molecule has 1 N–H and O–H groups in total. The molecule has 114 valence electrons. The zero-order valence-corrected chi connectivity index (χ0v) is 13.6. The molecule has 21 heavy (non-hydrogen) atoms. The van der Waals surface area contributed by atoms with E-state index in [0.717, 1.165) is 22.7 Å². The third-order valence-electron chi connectivity index (χ3n) is 3.46. The molecule has 0 atom stereocenters. The molecule has 2 aromatic heterocycles. The first kappa shape index (κ1) is 15.4. The Hall–Kier alpha value is -2.04. The lowest BCUT2D eigenvalue weighted by Gasteiger charge is -2.25. The first-order valence-corrected chi connectivity index (χ1v) is 7.10. The smallest absolute Gasteiger partial charge is 0.183 e. The number of anilines is 1. The summed E-state index contributed by atoms with van der Waals surface area (Å²) < 4.78 is 7.16. The summed E-state index contributed by atoms with van der Waals surface area (Å²) in [6, 6.07) is 3.73. The van der Waals surface area contributed by atoms with Gasteiger partial charge in [-0.1, -0.05) is 5.16 Å². The summed E-state index contributed by atoms with van der Waals surface area (Å²) in [5.41, 5.74) is 2.82. The zero-order valence-electron chi connectivity index (χ0n) is 13.6. The average Bonchev–Trinajstić information content (AvgIpc) is 2.89. The molecule has 0 saturated carbocycles. The number of aryl methyl sites for hydroxylation is 2. The van der Waals surface area contributed by atoms with E-state index in [1.807, 2.05) is 26.8 Å². The zero-order chi connectivity index (χ0) is 15.8. The first-order chi connectivity index (χ1) is 9.70. The maximum Gasteiger partial charge on any atom is 0.183 e. The number of Topliss-reactive ketones (excluding diaryl/α,β-unsaturated/α-hetero) is 1. The predicted octanol–water partition coefficient (Wildman–Crippen LogP) is 3.45.